The van der Waals surface area contributed by atoms with Crippen molar-refractivity contribution in [1.29, 1.82) is 0 Å². The lowest BCUT2D eigenvalue weighted by molar-refractivity contribution is 0.873. The first-order valence-electron chi connectivity index (χ1n) is 3.87. The van der Waals surface area contributed by atoms with Crippen LogP contribution >= 0.6 is 59.6 Å². The van der Waals surface area contributed by atoms with E-state index in [9.17, 15) is 11.7 Å². The maximum atomic E-state index is 12.6. The van der Waals surface area contributed by atoms with E-state index in [0.29, 0.717) is 5.56 Å². The van der Waals surface area contributed by atoms with Gasteiger partial charge >= 0.3 is 0 Å². The molecule has 0 fully saturated rings. The largest absolute Gasteiger partial charge is 0.224 e. The van der Waals surface area contributed by atoms with Crippen molar-refractivity contribution in [2.45, 2.75) is 9.29 Å². The van der Waals surface area contributed by atoms with Gasteiger partial charge in [-0.25, -0.2) is 0 Å². The molecule has 16 heavy (non-hydrogen) atoms. The molecule has 1 aromatic carbocycles. The van der Waals surface area contributed by atoms with Crippen molar-refractivity contribution in [3.8, 4) is 0 Å². The van der Waals surface area contributed by atoms with Crippen LogP contribution < -0.4 is 0 Å². The minimum absolute atomic E-state index is 0.110. The SMILES string of the molecule is FSC(SF)(SF)c1ccc(CCl)c(Cl)c1. The van der Waals surface area contributed by atoms with Crippen LogP contribution in [-0.4, -0.2) is 0 Å². The Labute approximate surface area is 115 Å². The van der Waals surface area contributed by atoms with Gasteiger partial charge in [-0.05, 0) is 17.2 Å². The Hall–Kier alpha value is 0.640. The van der Waals surface area contributed by atoms with Crippen molar-refractivity contribution < 1.29 is 11.7 Å². The van der Waals surface area contributed by atoms with E-state index < -0.39 is 39.9 Å². The standard InChI is InChI=1S/C8H5Cl2F3S3/c9-4-5-1-2-6(3-7(5)10)8(14-11,15-12)16-13/h1-3H,4H2. The van der Waals surface area contributed by atoms with Crippen LogP contribution in [0.2, 0.25) is 5.02 Å². The number of halogens is 5. The Morgan fingerprint density at radius 2 is 1.69 bits per heavy atom. The first kappa shape index (κ1) is 14.7. The second-order valence-corrected chi connectivity index (χ2v) is 6.48. The van der Waals surface area contributed by atoms with E-state index in [-0.39, 0.29) is 16.5 Å². The van der Waals surface area contributed by atoms with Crippen molar-refractivity contribution in [2.24, 2.45) is 0 Å². The number of hydrogen-bond acceptors (Lipinski definition) is 3. The van der Waals surface area contributed by atoms with Gasteiger partial charge in [0.2, 0.25) is 3.41 Å². The summed E-state index contributed by atoms with van der Waals surface area (Å²) < 4.78 is 35.9. The van der Waals surface area contributed by atoms with Gasteiger partial charge in [0.05, 0.1) is 36.4 Å². The molecule has 0 aliphatic heterocycles. The molecule has 0 aliphatic rings. The Bertz CT molecular complexity index is 352. The second kappa shape index (κ2) is 6.54. The van der Waals surface area contributed by atoms with Gasteiger partial charge in [0.1, 0.15) is 0 Å². The predicted molar refractivity (Wildman–Crippen MR) is 68.8 cm³/mol. The van der Waals surface area contributed by atoms with E-state index in [4.69, 9.17) is 23.2 Å². The molecule has 0 aromatic heterocycles. The third kappa shape index (κ3) is 2.90. The van der Waals surface area contributed by atoms with Gasteiger partial charge in [0.25, 0.3) is 0 Å². The zero-order chi connectivity index (χ0) is 12.2. The molecule has 0 N–H and O–H groups in total. The fraction of sp³-hybridized carbons (Fsp3) is 0.250. The summed E-state index contributed by atoms with van der Waals surface area (Å²) in [5.41, 5.74) is 0.733. The molecule has 1 aromatic rings. The average molecular weight is 325 g/mol. The molecule has 0 aliphatic carbocycles. The molecular weight excluding hydrogens is 320 g/mol. The van der Waals surface area contributed by atoms with Crippen LogP contribution in [0.5, 0.6) is 0 Å². The second-order valence-electron chi connectivity index (χ2n) is 2.73. The quantitative estimate of drug-likeness (QED) is 0.478. The van der Waals surface area contributed by atoms with Crippen molar-refractivity contribution >= 4 is 59.6 Å². The lowest BCUT2D eigenvalue weighted by atomic mass is 10.2. The smallest absolute Gasteiger partial charge is 0.162 e. The monoisotopic (exact) mass is 324 g/mol. The lowest BCUT2D eigenvalue weighted by Crippen LogP contribution is -2.08. The summed E-state index contributed by atoms with van der Waals surface area (Å²) in [5.74, 6) is 0.181. The average Bonchev–Trinajstić information content (AvgIpc) is 2.32. The molecule has 0 radical (unpaired) electrons. The molecule has 0 spiro atoms. The molecule has 0 bridgehead atoms. The van der Waals surface area contributed by atoms with Gasteiger partial charge < -0.3 is 0 Å². The van der Waals surface area contributed by atoms with E-state index in [1.165, 1.54) is 18.2 Å². The van der Waals surface area contributed by atoms with E-state index in [2.05, 4.69) is 0 Å². The summed E-state index contributed by atoms with van der Waals surface area (Å²) in [4.78, 5) is 0. The lowest BCUT2D eigenvalue weighted by Gasteiger charge is -2.20. The van der Waals surface area contributed by atoms with E-state index >= 15 is 0 Å². The van der Waals surface area contributed by atoms with Crippen molar-refractivity contribution in [3.05, 3.63) is 34.3 Å². The number of alkyl halides is 1. The highest BCUT2D eigenvalue weighted by atomic mass is 35.5. The van der Waals surface area contributed by atoms with E-state index in [0.717, 1.165) is 0 Å². The molecule has 0 heterocycles. The maximum absolute atomic E-state index is 12.6. The third-order valence-corrected chi connectivity index (χ3v) is 4.95. The molecule has 0 atom stereocenters. The molecule has 0 unspecified atom stereocenters. The summed E-state index contributed by atoms with van der Waals surface area (Å²) in [6.07, 6.45) is 0. The summed E-state index contributed by atoms with van der Waals surface area (Å²) in [7, 11) is 0. The topological polar surface area (TPSA) is 0 Å². The van der Waals surface area contributed by atoms with Crippen LogP contribution in [-0.2, 0) is 9.29 Å². The molecule has 0 amide bonds. The maximum Gasteiger partial charge on any atom is 0.224 e. The van der Waals surface area contributed by atoms with Gasteiger partial charge in [-0.1, -0.05) is 23.7 Å². The fourth-order valence-electron chi connectivity index (χ4n) is 1.02. The van der Waals surface area contributed by atoms with Crippen molar-refractivity contribution in [1.82, 2.24) is 0 Å². The van der Waals surface area contributed by atoms with Crippen LogP contribution in [0.4, 0.5) is 11.7 Å². The molecule has 8 heteroatoms. The predicted octanol–water partition coefficient (Wildman–Crippen LogP) is 6.04. The highest BCUT2D eigenvalue weighted by Crippen LogP contribution is 2.57. The van der Waals surface area contributed by atoms with Gasteiger partial charge in [0.15, 0.2) is 0 Å². The Balaban J connectivity index is 3.16. The summed E-state index contributed by atoms with van der Waals surface area (Å²) >= 11 is 10.1. The Morgan fingerprint density at radius 3 is 2.06 bits per heavy atom. The van der Waals surface area contributed by atoms with Crippen LogP contribution in [0, 0.1) is 0 Å². The highest BCUT2D eigenvalue weighted by Gasteiger charge is 2.39. The first-order chi connectivity index (χ1) is 7.63. The summed E-state index contributed by atoms with van der Waals surface area (Å²) in [6, 6.07) is 4.22. The fourth-order valence-corrected chi connectivity index (χ4v) is 2.50. The Kier molecular flexibility index (Phi) is 6.01. The van der Waals surface area contributed by atoms with Crippen molar-refractivity contribution in [2.75, 3.05) is 0 Å². The highest BCUT2D eigenvalue weighted by molar-refractivity contribution is 8.28. The molecule has 90 valence electrons. The minimum Gasteiger partial charge on any atom is -0.162 e. The van der Waals surface area contributed by atoms with Gasteiger partial charge in [-0.3, -0.25) is 0 Å². The van der Waals surface area contributed by atoms with Crippen LogP contribution in [0.1, 0.15) is 11.1 Å². The number of benzene rings is 1. The van der Waals surface area contributed by atoms with Gasteiger partial charge in [-0.2, -0.15) is 11.7 Å². The van der Waals surface area contributed by atoms with Crippen LogP contribution in [0.3, 0.4) is 0 Å². The zero-order valence-corrected chi connectivity index (χ0v) is 11.5. The minimum atomic E-state index is -1.98. The normalized spacial score (nSPS) is 11.8. The van der Waals surface area contributed by atoms with Gasteiger partial charge in [-0.15, -0.1) is 11.6 Å². The summed E-state index contributed by atoms with van der Waals surface area (Å²) in [6.45, 7) is 0. The van der Waals surface area contributed by atoms with Crippen molar-refractivity contribution in [3.63, 3.8) is 0 Å². The molecule has 0 nitrogen and oxygen atoms in total. The summed E-state index contributed by atoms with van der Waals surface area (Å²) in [5, 5.41) is 0.258. The molecule has 0 saturated heterocycles. The Morgan fingerprint density at radius 1 is 1.12 bits per heavy atom. The molecule has 0 saturated carbocycles. The van der Waals surface area contributed by atoms with Crippen LogP contribution in [0.15, 0.2) is 18.2 Å². The number of hydrogen-bond donors (Lipinski definition) is 0. The molecule has 1 rings (SSSR count). The molecular formula is C8H5Cl2F3S3. The van der Waals surface area contributed by atoms with E-state index in [1.54, 1.807) is 0 Å². The van der Waals surface area contributed by atoms with Crippen LogP contribution in [0.25, 0.3) is 0 Å². The van der Waals surface area contributed by atoms with E-state index in [1.807, 2.05) is 0 Å². The number of rotatable bonds is 5. The third-order valence-electron chi connectivity index (χ3n) is 1.86. The van der Waals surface area contributed by atoms with Gasteiger partial charge in [0, 0.05) is 10.9 Å². The zero-order valence-electron chi connectivity index (χ0n) is 7.55. The first-order valence-corrected chi connectivity index (χ1v) is 6.94.